The Morgan fingerprint density at radius 2 is 1.89 bits per heavy atom. The summed E-state index contributed by atoms with van der Waals surface area (Å²) in [5.41, 5.74) is -0.487. The van der Waals surface area contributed by atoms with Gasteiger partial charge in [0, 0.05) is 23.9 Å². The van der Waals surface area contributed by atoms with Gasteiger partial charge in [0.1, 0.15) is 30.1 Å². The Kier molecular flexibility index (Phi) is 8.05. The fourth-order valence-electron chi connectivity index (χ4n) is 2.86. The summed E-state index contributed by atoms with van der Waals surface area (Å²) in [6.07, 6.45) is 5.65. The zero-order valence-corrected chi connectivity index (χ0v) is 17.0. The lowest BCUT2D eigenvalue weighted by Gasteiger charge is -2.23. The van der Waals surface area contributed by atoms with Crippen molar-refractivity contribution in [2.75, 3.05) is 13.2 Å². The maximum Gasteiger partial charge on any atom is 0.336 e. The molecule has 0 aliphatic rings. The molecule has 6 nitrogen and oxygen atoms in total. The molecule has 0 saturated heterocycles. The van der Waals surface area contributed by atoms with Gasteiger partial charge in [0.2, 0.25) is 0 Å². The molecule has 0 aliphatic carbocycles. The number of rotatable bonds is 11. The standard InChI is InChI=1S/C22H30O6/c1-4-5-6-7-8-9-20(23)27-15-22(3,25)14-26-17-10-11-18-16(2)12-21(24)28-19(18)13-17/h10-13,25H,4-9,14-15H2,1-3H3. The molecule has 0 fully saturated rings. The second-order valence-electron chi connectivity index (χ2n) is 7.52. The third kappa shape index (κ3) is 7.00. The Hall–Kier alpha value is -2.34. The molecule has 0 bridgehead atoms. The summed E-state index contributed by atoms with van der Waals surface area (Å²) in [7, 11) is 0. The van der Waals surface area contributed by atoms with E-state index in [0.29, 0.717) is 17.8 Å². The number of aryl methyl sites for hydroxylation is 1. The molecule has 0 radical (unpaired) electrons. The topological polar surface area (TPSA) is 86.0 Å². The smallest absolute Gasteiger partial charge is 0.336 e. The zero-order valence-electron chi connectivity index (χ0n) is 17.0. The van der Waals surface area contributed by atoms with Crippen LogP contribution in [0.1, 0.15) is 57.9 Å². The van der Waals surface area contributed by atoms with Crippen molar-refractivity contribution in [3.05, 3.63) is 40.2 Å². The highest BCUT2D eigenvalue weighted by atomic mass is 16.6. The number of benzene rings is 1. The van der Waals surface area contributed by atoms with Crippen LogP contribution in [0.15, 0.2) is 33.5 Å². The van der Waals surface area contributed by atoms with Crippen LogP contribution >= 0.6 is 0 Å². The molecule has 28 heavy (non-hydrogen) atoms. The molecule has 2 rings (SSSR count). The molecule has 2 aromatic rings. The summed E-state index contributed by atoms with van der Waals surface area (Å²) in [6.45, 7) is 5.34. The van der Waals surface area contributed by atoms with E-state index in [9.17, 15) is 14.7 Å². The van der Waals surface area contributed by atoms with Crippen LogP contribution in [0.3, 0.4) is 0 Å². The van der Waals surface area contributed by atoms with Crippen molar-refractivity contribution >= 4 is 16.9 Å². The van der Waals surface area contributed by atoms with Gasteiger partial charge in [-0.1, -0.05) is 32.6 Å². The van der Waals surface area contributed by atoms with Crippen molar-refractivity contribution in [1.29, 1.82) is 0 Å². The SMILES string of the molecule is CCCCCCCC(=O)OCC(C)(O)COc1ccc2c(C)cc(=O)oc2c1. The van der Waals surface area contributed by atoms with Gasteiger partial charge in [0.05, 0.1) is 0 Å². The quantitative estimate of drug-likeness (QED) is 0.353. The maximum absolute atomic E-state index is 11.8. The molecule has 1 aromatic heterocycles. The van der Waals surface area contributed by atoms with E-state index in [0.717, 1.165) is 36.6 Å². The molecule has 1 atom stereocenters. The third-order valence-electron chi connectivity index (χ3n) is 4.50. The van der Waals surface area contributed by atoms with Crippen LogP contribution in [0.2, 0.25) is 0 Å². The summed E-state index contributed by atoms with van der Waals surface area (Å²) in [5.74, 6) is 0.156. The van der Waals surface area contributed by atoms with Gasteiger partial charge in [-0.2, -0.15) is 0 Å². The molecule has 154 valence electrons. The first-order chi connectivity index (χ1) is 13.3. The summed E-state index contributed by atoms with van der Waals surface area (Å²) in [5, 5.41) is 11.2. The largest absolute Gasteiger partial charge is 0.490 e. The van der Waals surface area contributed by atoms with Crippen molar-refractivity contribution in [2.45, 2.75) is 64.9 Å². The lowest BCUT2D eigenvalue weighted by molar-refractivity contribution is -0.152. The monoisotopic (exact) mass is 390 g/mol. The van der Waals surface area contributed by atoms with Crippen molar-refractivity contribution < 1.29 is 23.8 Å². The molecule has 0 spiro atoms. The van der Waals surface area contributed by atoms with Crippen molar-refractivity contribution in [3.63, 3.8) is 0 Å². The molecule has 1 unspecified atom stereocenters. The number of fused-ring (bicyclic) bond motifs is 1. The number of hydrogen-bond acceptors (Lipinski definition) is 6. The van der Waals surface area contributed by atoms with Gasteiger partial charge in [0.25, 0.3) is 0 Å². The van der Waals surface area contributed by atoms with Crippen LogP contribution in [-0.4, -0.2) is 29.9 Å². The number of carbonyl (C=O) groups is 1. The normalized spacial score (nSPS) is 13.3. The van der Waals surface area contributed by atoms with Gasteiger partial charge in [0.15, 0.2) is 0 Å². The first-order valence-electron chi connectivity index (χ1n) is 9.86. The number of unbranched alkanes of at least 4 members (excludes halogenated alkanes) is 4. The van der Waals surface area contributed by atoms with Gasteiger partial charge in [-0.15, -0.1) is 0 Å². The minimum Gasteiger partial charge on any atom is -0.490 e. The summed E-state index contributed by atoms with van der Waals surface area (Å²) < 4.78 is 16.0. The second kappa shape index (κ2) is 10.3. The molecule has 0 amide bonds. The first-order valence-corrected chi connectivity index (χ1v) is 9.86. The molecular formula is C22H30O6. The molecule has 1 aromatic carbocycles. The fraction of sp³-hybridized carbons (Fsp3) is 0.545. The van der Waals surface area contributed by atoms with E-state index in [4.69, 9.17) is 13.9 Å². The van der Waals surface area contributed by atoms with E-state index in [1.54, 1.807) is 25.1 Å². The first kappa shape index (κ1) is 22.0. The third-order valence-corrected chi connectivity index (χ3v) is 4.50. The molecule has 6 heteroatoms. The van der Waals surface area contributed by atoms with Crippen LogP contribution in [0, 0.1) is 6.92 Å². The highest BCUT2D eigenvalue weighted by Gasteiger charge is 2.24. The Labute approximate surface area is 165 Å². The van der Waals surface area contributed by atoms with Gasteiger partial charge in [-0.3, -0.25) is 4.79 Å². The predicted molar refractivity (Wildman–Crippen MR) is 108 cm³/mol. The molecule has 1 N–H and O–H groups in total. The Morgan fingerprint density at radius 3 is 2.64 bits per heavy atom. The van der Waals surface area contributed by atoms with Crippen LogP contribution in [0.25, 0.3) is 11.0 Å². The Bertz CT molecular complexity index is 837. The number of esters is 1. The summed E-state index contributed by atoms with van der Waals surface area (Å²) in [6, 6.07) is 6.60. The van der Waals surface area contributed by atoms with Crippen LogP contribution in [0.5, 0.6) is 5.75 Å². The van der Waals surface area contributed by atoms with E-state index in [1.807, 2.05) is 6.92 Å². The Balaban J connectivity index is 1.81. The summed E-state index contributed by atoms with van der Waals surface area (Å²) in [4.78, 5) is 23.3. The van der Waals surface area contributed by atoms with Gasteiger partial charge < -0.3 is 19.0 Å². The van der Waals surface area contributed by atoms with Gasteiger partial charge in [-0.05, 0) is 38.0 Å². The van der Waals surface area contributed by atoms with Crippen LogP contribution in [0.4, 0.5) is 0 Å². The van der Waals surface area contributed by atoms with E-state index in [2.05, 4.69) is 6.92 Å². The van der Waals surface area contributed by atoms with E-state index in [1.165, 1.54) is 12.5 Å². The van der Waals surface area contributed by atoms with Crippen molar-refractivity contribution in [1.82, 2.24) is 0 Å². The maximum atomic E-state index is 11.8. The minimum absolute atomic E-state index is 0.0572. The highest BCUT2D eigenvalue weighted by molar-refractivity contribution is 5.81. The fourth-order valence-corrected chi connectivity index (χ4v) is 2.86. The second-order valence-corrected chi connectivity index (χ2v) is 7.52. The Morgan fingerprint density at radius 1 is 1.14 bits per heavy atom. The van der Waals surface area contributed by atoms with E-state index in [-0.39, 0.29) is 19.2 Å². The number of hydrogen-bond donors (Lipinski definition) is 1. The number of carbonyl (C=O) groups excluding carboxylic acids is 1. The minimum atomic E-state index is -1.32. The molecular weight excluding hydrogens is 360 g/mol. The van der Waals surface area contributed by atoms with E-state index < -0.39 is 11.2 Å². The lowest BCUT2D eigenvalue weighted by Crippen LogP contribution is -2.38. The van der Waals surface area contributed by atoms with Crippen LogP contribution in [-0.2, 0) is 9.53 Å². The number of ether oxygens (including phenoxy) is 2. The average molecular weight is 390 g/mol. The predicted octanol–water partition coefficient (Wildman–Crippen LogP) is 4.13. The lowest BCUT2D eigenvalue weighted by atomic mass is 10.1. The van der Waals surface area contributed by atoms with Crippen LogP contribution < -0.4 is 10.4 Å². The van der Waals surface area contributed by atoms with Crippen molar-refractivity contribution in [3.8, 4) is 5.75 Å². The average Bonchev–Trinajstić information content (AvgIpc) is 2.64. The molecule has 0 aliphatic heterocycles. The summed E-state index contributed by atoms with van der Waals surface area (Å²) >= 11 is 0. The zero-order chi connectivity index (χ0) is 20.6. The van der Waals surface area contributed by atoms with Gasteiger partial charge >= 0.3 is 11.6 Å². The number of aliphatic hydroxyl groups is 1. The molecule has 1 heterocycles. The molecule has 0 saturated carbocycles. The highest BCUT2D eigenvalue weighted by Crippen LogP contribution is 2.23. The van der Waals surface area contributed by atoms with Crippen molar-refractivity contribution in [2.24, 2.45) is 0 Å². The van der Waals surface area contributed by atoms with E-state index >= 15 is 0 Å². The van der Waals surface area contributed by atoms with Gasteiger partial charge in [-0.25, -0.2) is 4.79 Å².